The van der Waals surface area contributed by atoms with Crippen LogP contribution >= 0.6 is 0 Å². The number of barbiturate groups is 1. The van der Waals surface area contributed by atoms with Crippen LogP contribution in [0.25, 0.3) is 6.08 Å². The van der Waals surface area contributed by atoms with Gasteiger partial charge < -0.3 is 14.2 Å². The highest BCUT2D eigenvalue weighted by molar-refractivity contribution is 6.31. The van der Waals surface area contributed by atoms with Crippen molar-refractivity contribution in [2.75, 3.05) is 27.9 Å². The highest BCUT2D eigenvalue weighted by Crippen LogP contribution is 2.38. The standard InChI is InChI=1S/C22H26N2O6/c1-28-17-12-15(13-18(29-2)19(17)30-3)11-16-20(25)23-22(27)24(21(16)26)10-9-14-7-5-4-6-8-14/h7,11-13H,4-6,8-10H2,1-3H3,(H,23,25,27). The van der Waals surface area contributed by atoms with Crippen LogP contribution in [-0.2, 0) is 9.59 Å². The van der Waals surface area contributed by atoms with Gasteiger partial charge in [-0.1, -0.05) is 11.6 Å². The number of allylic oxidation sites excluding steroid dienone is 1. The number of hydrogen-bond acceptors (Lipinski definition) is 6. The quantitative estimate of drug-likeness (QED) is 0.419. The van der Waals surface area contributed by atoms with Crippen molar-refractivity contribution in [3.05, 3.63) is 34.9 Å². The van der Waals surface area contributed by atoms with Crippen LogP contribution in [0.2, 0.25) is 0 Å². The number of carbonyl (C=O) groups excluding carboxylic acids is 3. The van der Waals surface area contributed by atoms with E-state index in [-0.39, 0.29) is 12.1 Å². The van der Waals surface area contributed by atoms with Crippen molar-refractivity contribution in [3.63, 3.8) is 0 Å². The molecule has 1 aliphatic carbocycles. The molecule has 0 radical (unpaired) electrons. The highest BCUT2D eigenvalue weighted by atomic mass is 16.5. The summed E-state index contributed by atoms with van der Waals surface area (Å²) in [5, 5.41) is 2.25. The van der Waals surface area contributed by atoms with E-state index in [1.54, 1.807) is 12.1 Å². The average Bonchev–Trinajstić information content (AvgIpc) is 2.76. The van der Waals surface area contributed by atoms with E-state index in [9.17, 15) is 14.4 Å². The maximum absolute atomic E-state index is 12.9. The van der Waals surface area contributed by atoms with E-state index in [1.165, 1.54) is 39.4 Å². The van der Waals surface area contributed by atoms with Crippen molar-refractivity contribution >= 4 is 23.9 Å². The number of hydrogen-bond donors (Lipinski definition) is 1. The Morgan fingerprint density at radius 1 is 1.03 bits per heavy atom. The molecule has 1 saturated heterocycles. The number of amides is 4. The lowest BCUT2D eigenvalue weighted by atomic mass is 9.97. The third kappa shape index (κ3) is 4.48. The summed E-state index contributed by atoms with van der Waals surface area (Å²) in [5.74, 6) is -0.158. The second-order valence-electron chi connectivity index (χ2n) is 7.09. The number of nitrogens with one attached hydrogen (secondary N) is 1. The lowest BCUT2D eigenvalue weighted by Gasteiger charge is -2.27. The molecular formula is C22H26N2O6. The summed E-state index contributed by atoms with van der Waals surface area (Å²) in [4.78, 5) is 38.6. The number of methoxy groups -OCH3 is 3. The molecule has 4 amide bonds. The van der Waals surface area contributed by atoms with Crippen LogP contribution in [0.3, 0.4) is 0 Å². The molecule has 8 heteroatoms. The number of rotatable bonds is 7. The number of carbonyl (C=O) groups is 3. The van der Waals surface area contributed by atoms with Crippen LogP contribution in [0.5, 0.6) is 17.2 Å². The molecule has 1 aromatic carbocycles. The van der Waals surface area contributed by atoms with Gasteiger partial charge in [-0.05, 0) is 55.9 Å². The summed E-state index contributed by atoms with van der Waals surface area (Å²) in [6, 6.07) is 2.56. The van der Waals surface area contributed by atoms with E-state index >= 15 is 0 Å². The minimum Gasteiger partial charge on any atom is -0.493 e. The first kappa shape index (κ1) is 21.4. The lowest BCUT2D eigenvalue weighted by molar-refractivity contribution is -0.130. The fourth-order valence-electron chi connectivity index (χ4n) is 3.64. The molecule has 3 rings (SSSR count). The van der Waals surface area contributed by atoms with E-state index in [0.717, 1.165) is 24.2 Å². The SMILES string of the molecule is COc1cc(C=C2C(=O)NC(=O)N(CCC3=CCCCC3)C2=O)cc(OC)c1OC. The first-order valence-electron chi connectivity index (χ1n) is 9.85. The molecule has 160 valence electrons. The summed E-state index contributed by atoms with van der Waals surface area (Å²) >= 11 is 0. The van der Waals surface area contributed by atoms with E-state index < -0.39 is 17.8 Å². The smallest absolute Gasteiger partial charge is 0.331 e. The van der Waals surface area contributed by atoms with Gasteiger partial charge in [-0.2, -0.15) is 0 Å². The summed E-state index contributed by atoms with van der Waals surface area (Å²) < 4.78 is 15.9. The molecule has 1 aliphatic heterocycles. The van der Waals surface area contributed by atoms with E-state index in [2.05, 4.69) is 11.4 Å². The van der Waals surface area contributed by atoms with Gasteiger partial charge in [0.05, 0.1) is 21.3 Å². The van der Waals surface area contributed by atoms with Crippen LogP contribution in [0, 0.1) is 0 Å². The largest absolute Gasteiger partial charge is 0.493 e. The summed E-state index contributed by atoms with van der Waals surface area (Å²) in [5.41, 5.74) is 1.63. The zero-order valence-electron chi connectivity index (χ0n) is 17.4. The molecule has 0 unspecified atom stereocenters. The van der Waals surface area contributed by atoms with Gasteiger partial charge in [0.15, 0.2) is 11.5 Å². The van der Waals surface area contributed by atoms with Crippen LogP contribution in [-0.4, -0.2) is 50.6 Å². The van der Waals surface area contributed by atoms with E-state index in [1.807, 2.05) is 0 Å². The molecule has 2 aliphatic rings. The summed E-state index contributed by atoms with van der Waals surface area (Å²) in [6.45, 7) is 0.233. The predicted molar refractivity (Wildman–Crippen MR) is 110 cm³/mol. The monoisotopic (exact) mass is 414 g/mol. The Labute approximate surface area is 175 Å². The Kier molecular flexibility index (Phi) is 6.76. The van der Waals surface area contributed by atoms with E-state index in [0.29, 0.717) is 29.2 Å². The van der Waals surface area contributed by atoms with Crippen LogP contribution < -0.4 is 19.5 Å². The molecule has 0 spiro atoms. The minimum absolute atomic E-state index is 0.124. The predicted octanol–water partition coefficient (Wildman–Crippen LogP) is 3.06. The minimum atomic E-state index is -0.730. The second-order valence-corrected chi connectivity index (χ2v) is 7.09. The molecule has 0 bridgehead atoms. The maximum atomic E-state index is 12.9. The average molecular weight is 414 g/mol. The number of urea groups is 1. The molecule has 30 heavy (non-hydrogen) atoms. The Balaban J connectivity index is 1.87. The zero-order chi connectivity index (χ0) is 21.7. The Morgan fingerprint density at radius 2 is 1.73 bits per heavy atom. The van der Waals surface area contributed by atoms with Crippen molar-refractivity contribution in [2.45, 2.75) is 32.1 Å². The number of benzene rings is 1. The van der Waals surface area contributed by atoms with Gasteiger partial charge >= 0.3 is 6.03 Å². The van der Waals surface area contributed by atoms with Crippen molar-refractivity contribution in [2.24, 2.45) is 0 Å². The van der Waals surface area contributed by atoms with Gasteiger partial charge in [0, 0.05) is 6.54 Å². The maximum Gasteiger partial charge on any atom is 0.331 e. The van der Waals surface area contributed by atoms with Gasteiger partial charge in [-0.15, -0.1) is 0 Å². The molecule has 0 atom stereocenters. The molecule has 0 saturated carbocycles. The summed E-state index contributed by atoms with van der Waals surface area (Å²) in [6.07, 6.45) is 8.51. The van der Waals surface area contributed by atoms with Gasteiger partial charge in [0.25, 0.3) is 11.8 Å². The number of imide groups is 2. The first-order valence-corrected chi connectivity index (χ1v) is 9.85. The zero-order valence-corrected chi connectivity index (χ0v) is 17.4. The van der Waals surface area contributed by atoms with Crippen LogP contribution in [0.15, 0.2) is 29.4 Å². The van der Waals surface area contributed by atoms with Gasteiger partial charge in [-0.25, -0.2) is 4.79 Å². The second kappa shape index (κ2) is 9.47. The topological polar surface area (TPSA) is 94.2 Å². The van der Waals surface area contributed by atoms with Crippen LogP contribution in [0.1, 0.15) is 37.7 Å². The van der Waals surface area contributed by atoms with Crippen LogP contribution in [0.4, 0.5) is 4.79 Å². The third-order valence-electron chi connectivity index (χ3n) is 5.23. The van der Waals surface area contributed by atoms with Crippen molar-refractivity contribution in [3.8, 4) is 17.2 Å². The lowest BCUT2D eigenvalue weighted by Crippen LogP contribution is -2.54. The van der Waals surface area contributed by atoms with E-state index in [4.69, 9.17) is 14.2 Å². The molecule has 1 N–H and O–H groups in total. The molecule has 0 aromatic heterocycles. The number of ether oxygens (including phenoxy) is 3. The molecule has 1 fully saturated rings. The fourth-order valence-corrected chi connectivity index (χ4v) is 3.64. The normalized spacial score (nSPS) is 18.2. The highest BCUT2D eigenvalue weighted by Gasteiger charge is 2.35. The fraction of sp³-hybridized carbons (Fsp3) is 0.409. The third-order valence-corrected chi connectivity index (χ3v) is 5.23. The van der Waals surface area contributed by atoms with Crippen molar-refractivity contribution in [1.82, 2.24) is 10.2 Å². The van der Waals surface area contributed by atoms with Gasteiger partial charge in [0.2, 0.25) is 5.75 Å². The van der Waals surface area contributed by atoms with Gasteiger partial charge in [-0.3, -0.25) is 19.8 Å². The molecule has 8 nitrogen and oxygen atoms in total. The first-order chi connectivity index (χ1) is 14.5. The molecule has 1 aromatic rings. The Bertz CT molecular complexity index is 893. The van der Waals surface area contributed by atoms with Crippen molar-refractivity contribution in [1.29, 1.82) is 0 Å². The molecule has 1 heterocycles. The Morgan fingerprint density at radius 3 is 2.30 bits per heavy atom. The number of nitrogens with zero attached hydrogens (tertiary/aromatic N) is 1. The van der Waals surface area contributed by atoms with Crippen molar-refractivity contribution < 1.29 is 28.6 Å². The molecular weight excluding hydrogens is 388 g/mol. The van der Waals surface area contributed by atoms with Gasteiger partial charge in [0.1, 0.15) is 5.57 Å². The summed E-state index contributed by atoms with van der Waals surface area (Å²) in [7, 11) is 4.45. The Hall–Kier alpha value is -3.29.